The first kappa shape index (κ1) is 20.5. The van der Waals surface area contributed by atoms with Crippen LogP contribution in [0.15, 0.2) is 4.99 Å². The summed E-state index contributed by atoms with van der Waals surface area (Å²) in [5.74, 6) is 1.64. The monoisotopic (exact) mass is 351 g/mol. The number of hydrogen-bond acceptors (Lipinski definition) is 3. The van der Waals surface area contributed by atoms with Gasteiger partial charge in [0.15, 0.2) is 5.96 Å². The average molecular weight is 352 g/mol. The molecule has 0 aromatic rings. The van der Waals surface area contributed by atoms with E-state index in [0.717, 1.165) is 19.0 Å². The van der Waals surface area contributed by atoms with E-state index in [1.54, 1.807) is 0 Å². The van der Waals surface area contributed by atoms with Crippen LogP contribution in [0.2, 0.25) is 0 Å². The van der Waals surface area contributed by atoms with Crippen LogP contribution in [-0.2, 0) is 0 Å². The maximum atomic E-state index is 4.88. The number of piperidine rings is 2. The molecule has 0 spiro atoms. The largest absolute Gasteiger partial charge is 0.357 e. The molecular formula is C20H41N5. The average Bonchev–Trinajstić information content (AvgIpc) is 2.63. The van der Waals surface area contributed by atoms with Crippen molar-refractivity contribution in [2.45, 2.75) is 65.3 Å². The van der Waals surface area contributed by atoms with E-state index in [-0.39, 0.29) is 0 Å². The molecule has 0 radical (unpaired) electrons. The molecule has 5 heteroatoms. The topological polar surface area (TPSA) is 42.9 Å². The molecule has 0 aromatic heterocycles. The molecule has 2 heterocycles. The van der Waals surface area contributed by atoms with Crippen LogP contribution in [0.4, 0.5) is 0 Å². The van der Waals surface area contributed by atoms with E-state index in [1.165, 1.54) is 77.8 Å². The fourth-order valence-corrected chi connectivity index (χ4v) is 4.02. The van der Waals surface area contributed by atoms with Gasteiger partial charge in [-0.1, -0.05) is 20.3 Å². The quantitative estimate of drug-likeness (QED) is 0.521. The molecular weight excluding hydrogens is 310 g/mol. The van der Waals surface area contributed by atoms with Gasteiger partial charge in [0.25, 0.3) is 0 Å². The Morgan fingerprint density at radius 1 is 1.04 bits per heavy atom. The summed E-state index contributed by atoms with van der Waals surface area (Å²) in [6.45, 7) is 16.0. The van der Waals surface area contributed by atoms with Crippen molar-refractivity contribution in [2.24, 2.45) is 10.9 Å². The third-order valence-corrected chi connectivity index (χ3v) is 5.39. The highest BCUT2D eigenvalue weighted by atomic mass is 15.2. The lowest BCUT2D eigenvalue weighted by Crippen LogP contribution is -2.49. The second-order valence-electron chi connectivity index (χ2n) is 7.95. The molecule has 0 saturated carbocycles. The van der Waals surface area contributed by atoms with E-state index < -0.39 is 0 Å². The predicted octanol–water partition coefficient (Wildman–Crippen LogP) is 2.54. The van der Waals surface area contributed by atoms with Crippen LogP contribution in [0, 0.1) is 5.92 Å². The van der Waals surface area contributed by atoms with Crippen LogP contribution >= 0.6 is 0 Å². The van der Waals surface area contributed by atoms with Gasteiger partial charge in [-0.25, -0.2) is 0 Å². The molecule has 2 aliphatic heterocycles. The first-order valence-corrected chi connectivity index (χ1v) is 10.7. The zero-order valence-electron chi connectivity index (χ0n) is 16.9. The Morgan fingerprint density at radius 3 is 2.40 bits per heavy atom. The number of aliphatic imine (C=N–C) groups is 1. The van der Waals surface area contributed by atoms with Gasteiger partial charge in [0.05, 0.1) is 0 Å². The summed E-state index contributed by atoms with van der Waals surface area (Å²) in [6, 6.07) is 0.573. The van der Waals surface area contributed by atoms with E-state index in [4.69, 9.17) is 4.99 Å². The number of likely N-dealkylation sites (tertiary alicyclic amines) is 2. The number of nitrogens with zero attached hydrogens (tertiary/aromatic N) is 3. The van der Waals surface area contributed by atoms with Gasteiger partial charge in [-0.15, -0.1) is 0 Å². The van der Waals surface area contributed by atoms with Crippen molar-refractivity contribution in [1.29, 1.82) is 0 Å². The summed E-state index contributed by atoms with van der Waals surface area (Å²) in [6.07, 6.45) is 7.88. The second kappa shape index (κ2) is 11.7. The Bertz CT molecular complexity index is 370. The molecule has 0 aromatic carbocycles. The first-order chi connectivity index (χ1) is 12.2. The Kier molecular flexibility index (Phi) is 9.63. The van der Waals surface area contributed by atoms with Gasteiger partial charge in [-0.2, -0.15) is 0 Å². The van der Waals surface area contributed by atoms with Crippen molar-refractivity contribution in [3.05, 3.63) is 0 Å². The van der Waals surface area contributed by atoms with Crippen LogP contribution in [0.25, 0.3) is 0 Å². The van der Waals surface area contributed by atoms with Crippen LogP contribution < -0.4 is 10.6 Å². The minimum atomic E-state index is 0.573. The molecule has 25 heavy (non-hydrogen) atoms. The summed E-state index contributed by atoms with van der Waals surface area (Å²) in [5, 5.41) is 7.11. The molecule has 0 aliphatic carbocycles. The Labute approximate surface area is 155 Å². The van der Waals surface area contributed by atoms with Crippen molar-refractivity contribution < 1.29 is 0 Å². The number of hydrogen-bond donors (Lipinski definition) is 2. The second-order valence-corrected chi connectivity index (χ2v) is 7.95. The SMILES string of the molecule is CCCN1CCC(NC(=NCC(C)CN2CCCCC2)NCC)CC1. The van der Waals surface area contributed by atoms with Gasteiger partial charge in [0.2, 0.25) is 0 Å². The molecule has 2 N–H and O–H groups in total. The van der Waals surface area contributed by atoms with Crippen molar-refractivity contribution in [3.8, 4) is 0 Å². The standard InChI is InChI=1S/C20H41N5/c1-4-11-24-14-9-19(10-15-24)23-20(21-5-2)22-16-18(3)17-25-12-7-6-8-13-25/h18-19H,4-17H2,1-3H3,(H2,21,22,23). The van der Waals surface area contributed by atoms with E-state index in [1.807, 2.05) is 0 Å². The predicted molar refractivity (Wildman–Crippen MR) is 108 cm³/mol. The fourth-order valence-electron chi connectivity index (χ4n) is 4.02. The molecule has 1 atom stereocenters. The number of rotatable bonds is 8. The summed E-state index contributed by atoms with van der Waals surface area (Å²) >= 11 is 0. The molecule has 2 fully saturated rings. The molecule has 146 valence electrons. The fraction of sp³-hybridized carbons (Fsp3) is 0.950. The molecule has 2 rings (SSSR count). The third-order valence-electron chi connectivity index (χ3n) is 5.39. The van der Waals surface area contributed by atoms with E-state index in [9.17, 15) is 0 Å². The highest BCUT2D eigenvalue weighted by Gasteiger charge is 2.19. The van der Waals surface area contributed by atoms with Gasteiger partial charge in [-0.3, -0.25) is 4.99 Å². The van der Waals surface area contributed by atoms with Crippen molar-refractivity contribution in [3.63, 3.8) is 0 Å². The Hall–Kier alpha value is -0.810. The highest BCUT2D eigenvalue weighted by Crippen LogP contribution is 2.12. The summed E-state index contributed by atoms with van der Waals surface area (Å²) in [4.78, 5) is 10.1. The van der Waals surface area contributed by atoms with Crippen LogP contribution in [0.3, 0.4) is 0 Å². The van der Waals surface area contributed by atoms with Gasteiger partial charge < -0.3 is 20.4 Å². The summed E-state index contributed by atoms with van der Waals surface area (Å²) in [5.41, 5.74) is 0. The maximum absolute atomic E-state index is 4.88. The lowest BCUT2D eigenvalue weighted by molar-refractivity contribution is 0.202. The number of nitrogens with one attached hydrogen (secondary N) is 2. The van der Waals surface area contributed by atoms with Crippen LogP contribution in [0.5, 0.6) is 0 Å². The van der Waals surface area contributed by atoms with Crippen LogP contribution in [0.1, 0.15) is 59.3 Å². The van der Waals surface area contributed by atoms with Gasteiger partial charge in [-0.05, 0) is 64.6 Å². The smallest absolute Gasteiger partial charge is 0.191 e. The Balaban J connectivity index is 1.73. The summed E-state index contributed by atoms with van der Waals surface area (Å²) in [7, 11) is 0. The van der Waals surface area contributed by atoms with E-state index in [2.05, 4.69) is 41.2 Å². The zero-order valence-corrected chi connectivity index (χ0v) is 16.9. The van der Waals surface area contributed by atoms with Gasteiger partial charge >= 0.3 is 0 Å². The minimum absolute atomic E-state index is 0.573. The molecule has 0 bridgehead atoms. The van der Waals surface area contributed by atoms with Gasteiger partial charge in [0.1, 0.15) is 0 Å². The molecule has 2 aliphatic rings. The van der Waals surface area contributed by atoms with Crippen molar-refractivity contribution in [2.75, 3.05) is 52.4 Å². The van der Waals surface area contributed by atoms with E-state index >= 15 is 0 Å². The molecule has 1 unspecified atom stereocenters. The zero-order chi connectivity index (χ0) is 17.9. The lowest BCUT2D eigenvalue weighted by Gasteiger charge is -2.33. The normalized spacial score (nSPS) is 22.8. The Morgan fingerprint density at radius 2 is 1.76 bits per heavy atom. The maximum Gasteiger partial charge on any atom is 0.191 e. The van der Waals surface area contributed by atoms with Crippen molar-refractivity contribution >= 4 is 5.96 Å². The summed E-state index contributed by atoms with van der Waals surface area (Å²) < 4.78 is 0. The van der Waals surface area contributed by atoms with Gasteiger partial charge in [0, 0.05) is 38.8 Å². The van der Waals surface area contributed by atoms with E-state index in [0.29, 0.717) is 12.0 Å². The first-order valence-electron chi connectivity index (χ1n) is 10.7. The third kappa shape index (κ3) is 7.95. The molecule has 0 amide bonds. The van der Waals surface area contributed by atoms with Crippen LogP contribution in [-0.4, -0.2) is 74.2 Å². The molecule has 2 saturated heterocycles. The van der Waals surface area contributed by atoms with Crippen molar-refractivity contribution in [1.82, 2.24) is 20.4 Å². The lowest BCUT2D eigenvalue weighted by atomic mass is 10.1. The number of guanidine groups is 1. The minimum Gasteiger partial charge on any atom is -0.357 e. The highest BCUT2D eigenvalue weighted by molar-refractivity contribution is 5.80. The molecule has 5 nitrogen and oxygen atoms in total.